The molecule has 0 saturated heterocycles. The lowest BCUT2D eigenvalue weighted by atomic mass is 10.0. The topological polar surface area (TPSA) is 61.8 Å². The molecule has 106 valence electrons. The highest BCUT2D eigenvalue weighted by Gasteiger charge is 2.12. The van der Waals surface area contributed by atoms with Gasteiger partial charge in [-0.1, -0.05) is 43.3 Å². The van der Waals surface area contributed by atoms with E-state index < -0.39 is 0 Å². The molecule has 2 rings (SSSR count). The van der Waals surface area contributed by atoms with Gasteiger partial charge in [-0.2, -0.15) is 0 Å². The van der Waals surface area contributed by atoms with Gasteiger partial charge in [0.25, 0.3) is 0 Å². The van der Waals surface area contributed by atoms with E-state index in [9.17, 15) is 0 Å². The molecule has 2 aromatic carbocycles. The van der Waals surface area contributed by atoms with Crippen LogP contribution in [-0.4, -0.2) is 24.6 Å². The van der Waals surface area contributed by atoms with Gasteiger partial charge < -0.3 is 15.8 Å². The van der Waals surface area contributed by atoms with Gasteiger partial charge in [0.05, 0.1) is 0 Å². The van der Waals surface area contributed by atoms with Gasteiger partial charge in [0.2, 0.25) is 0 Å². The maximum absolute atomic E-state index is 8.90. The van der Waals surface area contributed by atoms with Crippen LogP contribution in [0.15, 0.2) is 41.6 Å². The molecule has 0 atom stereocenters. The summed E-state index contributed by atoms with van der Waals surface area (Å²) in [6.45, 7) is 5.37. The van der Waals surface area contributed by atoms with Gasteiger partial charge >= 0.3 is 0 Å². The lowest BCUT2D eigenvalue weighted by Crippen LogP contribution is -2.23. The van der Waals surface area contributed by atoms with E-state index in [4.69, 9.17) is 10.9 Å². The molecule has 20 heavy (non-hydrogen) atoms. The average molecular weight is 271 g/mol. The Kier molecular flexibility index (Phi) is 4.13. The molecule has 0 bridgehead atoms. The first-order chi connectivity index (χ1) is 9.54. The van der Waals surface area contributed by atoms with Crippen molar-refractivity contribution >= 4 is 22.3 Å². The summed E-state index contributed by atoms with van der Waals surface area (Å²) >= 11 is 0. The molecule has 0 spiro atoms. The molecule has 0 radical (unpaired) electrons. The molecule has 3 N–H and O–H groups in total. The zero-order valence-electron chi connectivity index (χ0n) is 12.2. The molecule has 2 aromatic rings. The molecule has 0 aromatic heterocycles. The lowest BCUT2D eigenvalue weighted by Gasteiger charge is -2.24. The highest BCUT2D eigenvalue weighted by molar-refractivity contribution is 6.11. The number of rotatable bonds is 4. The molecule has 0 fully saturated rings. The minimum Gasteiger partial charge on any atom is -0.409 e. The van der Waals surface area contributed by atoms with E-state index >= 15 is 0 Å². The first kappa shape index (κ1) is 14.2. The maximum atomic E-state index is 8.90. The summed E-state index contributed by atoms with van der Waals surface area (Å²) in [4.78, 5) is 2.24. The Hall–Kier alpha value is -2.23. The van der Waals surface area contributed by atoms with Gasteiger partial charge in [-0.25, -0.2) is 0 Å². The quantitative estimate of drug-likeness (QED) is 0.389. The SMILES string of the molecule is CC(C)CN(C)c1ccc(/C(N)=N/O)c2ccccc12. The fraction of sp³-hybridized carbons (Fsp3) is 0.312. The molecule has 0 aliphatic rings. The lowest BCUT2D eigenvalue weighted by molar-refractivity contribution is 0.318. The van der Waals surface area contributed by atoms with E-state index in [2.05, 4.69) is 37.0 Å². The number of nitrogens with zero attached hydrogens (tertiary/aromatic N) is 2. The monoisotopic (exact) mass is 271 g/mol. The van der Waals surface area contributed by atoms with Crippen molar-refractivity contribution < 1.29 is 5.21 Å². The zero-order chi connectivity index (χ0) is 14.7. The third-order valence-corrected chi connectivity index (χ3v) is 3.34. The van der Waals surface area contributed by atoms with Crippen LogP contribution in [0.25, 0.3) is 10.8 Å². The van der Waals surface area contributed by atoms with Gasteiger partial charge in [-0.05, 0) is 23.4 Å². The van der Waals surface area contributed by atoms with Crippen molar-refractivity contribution in [1.82, 2.24) is 0 Å². The van der Waals surface area contributed by atoms with E-state index in [1.807, 2.05) is 30.3 Å². The number of hydrogen-bond acceptors (Lipinski definition) is 3. The number of anilines is 1. The summed E-state index contributed by atoms with van der Waals surface area (Å²) in [5, 5.41) is 14.1. The second kappa shape index (κ2) is 5.82. The summed E-state index contributed by atoms with van der Waals surface area (Å²) in [5.41, 5.74) is 7.66. The van der Waals surface area contributed by atoms with E-state index in [0.29, 0.717) is 5.92 Å². The number of amidine groups is 1. The first-order valence-electron chi connectivity index (χ1n) is 6.75. The fourth-order valence-corrected chi connectivity index (χ4v) is 2.54. The van der Waals surface area contributed by atoms with Crippen LogP contribution in [0.4, 0.5) is 5.69 Å². The average Bonchev–Trinajstić information content (AvgIpc) is 2.44. The normalized spacial score (nSPS) is 12.1. The highest BCUT2D eigenvalue weighted by Crippen LogP contribution is 2.29. The molecular weight excluding hydrogens is 250 g/mol. The second-order valence-corrected chi connectivity index (χ2v) is 5.44. The van der Waals surface area contributed by atoms with Crippen LogP contribution in [0.3, 0.4) is 0 Å². The predicted molar refractivity (Wildman–Crippen MR) is 84.6 cm³/mol. The Balaban J connectivity index is 2.60. The standard InChI is InChI=1S/C16H21N3O/c1-11(2)10-19(3)15-9-8-14(16(17)18-20)12-6-4-5-7-13(12)15/h4-9,11,20H,10H2,1-3H3,(H2,17,18). The Labute approximate surface area is 119 Å². The van der Waals surface area contributed by atoms with E-state index in [-0.39, 0.29) is 5.84 Å². The third kappa shape index (κ3) is 2.69. The molecule has 0 aliphatic carbocycles. The van der Waals surface area contributed by atoms with Crippen molar-refractivity contribution in [2.24, 2.45) is 16.8 Å². The molecule has 4 nitrogen and oxygen atoms in total. The molecule has 4 heteroatoms. The van der Waals surface area contributed by atoms with Crippen LogP contribution < -0.4 is 10.6 Å². The third-order valence-electron chi connectivity index (χ3n) is 3.34. The van der Waals surface area contributed by atoms with E-state index in [1.165, 1.54) is 0 Å². The molecule has 0 heterocycles. The number of oxime groups is 1. The van der Waals surface area contributed by atoms with Gasteiger partial charge in [-0.3, -0.25) is 0 Å². The zero-order valence-corrected chi connectivity index (χ0v) is 12.2. The Morgan fingerprint density at radius 3 is 2.45 bits per heavy atom. The molecule has 0 unspecified atom stereocenters. The van der Waals surface area contributed by atoms with E-state index in [0.717, 1.165) is 28.6 Å². The summed E-state index contributed by atoms with van der Waals surface area (Å²) < 4.78 is 0. The van der Waals surface area contributed by atoms with Gasteiger partial charge in [0.1, 0.15) is 0 Å². The smallest absolute Gasteiger partial charge is 0.170 e. The number of nitrogens with two attached hydrogens (primary N) is 1. The highest BCUT2D eigenvalue weighted by atomic mass is 16.4. The first-order valence-corrected chi connectivity index (χ1v) is 6.75. The summed E-state index contributed by atoms with van der Waals surface area (Å²) in [7, 11) is 2.09. The minimum atomic E-state index is 0.138. The van der Waals surface area contributed by atoms with Crippen LogP contribution in [0.1, 0.15) is 19.4 Å². The largest absolute Gasteiger partial charge is 0.409 e. The van der Waals surface area contributed by atoms with Crippen molar-refractivity contribution in [2.75, 3.05) is 18.5 Å². The molecule has 0 saturated carbocycles. The van der Waals surface area contributed by atoms with Crippen LogP contribution in [0.2, 0.25) is 0 Å². The van der Waals surface area contributed by atoms with Gasteiger partial charge in [0.15, 0.2) is 5.84 Å². The number of benzene rings is 2. The second-order valence-electron chi connectivity index (χ2n) is 5.44. The minimum absolute atomic E-state index is 0.138. The molecular formula is C16H21N3O. The Bertz CT molecular complexity index is 635. The van der Waals surface area contributed by atoms with Crippen molar-refractivity contribution in [3.05, 3.63) is 42.0 Å². The van der Waals surface area contributed by atoms with Gasteiger partial charge in [0, 0.05) is 30.2 Å². The summed E-state index contributed by atoms with van der Waals surface area (Å²) in [6.07, 6.45) is 0. The van der Waals surface area contributed by atoms with Crippen LogP contribution in [0, 0.1) is 5.92 Å². The Morgan fingerprint density at radius 1 is 1.20 bits per heavy atom. The van der Waals surface area contributed by atoms with Gasteiger partial charge in [-0.15, -0.1) is 0 Å². The van der Waals surface area contributed by atoms with Crippen LogP contribution in [-0.2, 0) is 0 Å². The van der Waals surface area contributed by atoms with Crippen LogP contribution in [0.5, 0.6) is 0 Å². The van der Waals surface area contributed by atoms with Crippen molar-refractivity contribution in [3.63, 3.8) is 0 Å². The molecule has 0 amide bonds. The predicted octanol–water partition coefficient (Wildman–Crippen LogP) is 3.03. The van der Waals surface area contributed by atoms with Crippen molar-refractivity contribution in [2.45, 2.75) is 13.8 Å². The van der Waals surface area contributed by atoms with Crippen LogP contribution >= 0.6 is 0 Å². The summed E-state index contributed by atoms with van der Waals surface area (Å²) in [6, 6.07) is 12.0. The maximum Gasteiger partial charge on any atom is 0.170 e. The Morgan fingerprint density at radius 2 is 1.85 bits per heavy atom. The summed E-state index contributed by atoms with van der Waals surface area (Å²) in [5.74, 6) is 0.724. The fourth-order valence-electron chi connectivity index (χ4n) is 2.54. The number of fused-ring (bicyclic) bond motifs is 1. The number of hydrogen-bond donors (Lipinski definition) is 2. The van der Waals surface area contributed by atoms with E-state index in [1.54, 1.807) is 0 Å². The van der Waals surface area contributed by atoms with Crippen molar-refractivity contribution in [1.29, 1.82) is 0 Å². The van der Waals surface area contributed by atoms with Crippen molar-refractivity contribution in [3.8, 4) is 0 Å². The molecule has 0 aliphatic heterocycles.